The molecule has 0 saturated carbocycles. The molecule has 1 aliphatic rings. The third kappa shape index (κ3) is 5.03. The molecule has 1 heterocycles. The van der Waals surface area contributed by atoms with Crippen LogP contribution in [-0.4, -0.2) is 19.6 Å². The summed E-state index contributed by atoms with van der Waals surface area (Å²) in [5.41, 5.74) is 2.90. The van der Waals surface area contributed by atoms with Crippen LogP contribution in [0, 0.1) is 11.8 Å². The van der Waals surface area contributed by atoms with Gasteiger partial charge in [0.15, 0.2) is 0 Å². The van der Waals surface area contributed by atoms with E-state index in [1.54, 1.807) is 0 Å². The van der Waals surface area contributed by atoms with Crippen LogP contribution in [-0.2, 0) is 6.54 Å². The quantitative estimate of drug-likeness (QED) is 0.797. The fraction of sp³-hybridized carbons (Fsp3) is 0.684. The predicted molar refractivity (Wildman–Crippen MR) is 92.8 cm³/mol. The summed E-state index contributed by atoms with van der Waals surface area (Å²) in [4.78, 5) is 2.60. The van der Waals surface area contributed by atoms with Crippen molar-refractivity contribution in [2.75, 3.05) is 24.5 Å². The predicted octanol–water partition coefficient (Wildman–Crippen LogP) is 4.45. The molecule has 1 aromatic carbocycles. The first-order valence-corrected chi connectivity index (χ1v) is 8.74. The first kappa shape index (κ1) is 16.4. The zero-order valence-corrected chi connectivity index (χ0v) is 14.1. The molecular formula is C19H32N2. The van der Waals surface area contributed by atoms with Gasteiger partial charge >= 0.3 is 0 Å². The highest BCUT2D eigenvalue weighted by Crippen LogP contribution is 2.28. The van der Waals surface area contributed by atoms with E-state index < -0.39 is 0 Å². The topological polar surface area (TPSA) is 15.3 Å². The smallest absolute Gasteiger partial charge is 0.0411 e. The van der Waals surface area contributed by atoms with Crippen molar-refractivity contribution in [1.29, 1.82) is 0 Å². The van der Waals surface area contributed by atoms with Gasteiger partial charge in [-0.05, 0) is 42.9 Å². The maximum absolute atomic E-state index is 3.58. The van der Waals surface area contributed by atoms with Crippen LogP contribution in [0.2, 0.25) is 0 Å². The van der Waals surface area contributed by atoms with E-state index in [2.05, 4.69) is 55.3 Å². The molecule has 2 rings (SSSR count). The van der Waals surface area contributed by atoms with Gasteiger partial charge in [-0.2, -0.15) is 0 Å². The molecule has 1 aromatic rings. The van der Waals surface area contributed by atoms with E-state index in [1.165, 1.54) is 50.0 Å². The van der Waals surface area contributed by atoms with Crippen LogP contribution in [0.5, 0.6) is 0 Å². The molecule has 1 fully saturated rings. The summed E-state index contributed by atoms with van der Waals surface area (Å²) >= 11 is 0. The van der Waals surface area contributed by atoms with Crippen LogP contribution >= 0.6 is 0 Å². The van der Waals surface area contributed by atoms with Crippen LogP contribution in [0.25, 0.3) is 0 Å². The average molecular weight is 288 g/mol. The number of para-hydroxylation sites is 1. The zero-order chi connectivity index (χ0) is 15.1. The summed E-state index contributed by atoms with van der Waals surface area (Å²) < 4.78 is 0. The SMILES string of the molecule is CCCC1CCN(c2ccccc2CNCC(C)C)CC1. The molecule has 0 aromatic heterocycles. The Balaban J connectivity index is 1.93. The van der Waals surface area contributed by atoms with Gasteiger partial charge in [0.1, 0.15) is 0 Å². The van der Waals surface area contributed by atoms with Crippen molar-refractivity contribution in [3.8, 4) is 0 Å². The van der Waals surface area contributed by atoms with Gasteiger partial charge in [0.25, 0.3) is 0 Å². The number of anilines is 1. The third-order valence-corrected chi connectivity index (χ3v) is 4.51. The highest BCUT2D eigenvalue weighted by Gasteiger charge is 2.20. The van der Waals surface area contributed by atoms with Crippen molar-refractivity contribution in [2.24, 2.45) is 11.8 Å². The molecule has 2 heteroatoms. The maximum Gasteiger partial charge on any atom is 0.0411 e. The second-order valence-corrected chi connectivity index (χ2v) is 6.87. The summed E-state index contributed by atoms with van der Waals surface area (Å²) in [7, 11) is 0. The number of rotatable bonds is 7. The molecule has 21 heavy (non-hydrogen) atoms. The Morgan fingerprint density at radius 3 is 2.57 bits per heavy atom. The molecule has 0 aliphatic carbocycles. The van der Waals surface area contributed by atoms with Crippen molar-refractivity contribution in [1.82, 2.24) is 5.32 Å². The van der Waals surface area contributed by atoms with Crippen LogP contribution in [0.1, 0.15) is 52.0 Å². The lowest BCUT2D eigenvalue weighted by atomic mass is 9.92. The van der Waals surface area contributed by atoms with Gasteiger partial charge in [0, 0.05) is 25.3 Å². The molecule has 0 spiro atoms. The Morgan fingerprint density at radius 2 is 1.90 bits per heavy atom. The second kappa shape index (κ2) is 8.43. The average Bonchev–Trinajstić information content (AvgIpc) is 2.49. The molecule has 0 bridgehead atoms. The lowest BCUT2D eigenvalue weighted by Crippen LogP contribution is -2.34. The van der Waals surface area contributed by atoms with Crippen molar-refractivity contribution < 1.29 is 0 Å². The zero-order valence-electron chi connectivity index (χ0n) is 14.1. The summed E-state index contributed by atoms with van der Waals surface area (Å²) in [6.45, 7) is 11.4. The van der Waals surface area contributed by atoms with Gasteiger partial charge in [-0.15, -0.1) is 0 Å². The van der Waals surface area contributed by atoms with Gasteiger partial charge in [-0.3, -0.25) is 0 Å². The summed E-state index contributed by atoms with van der Waals surface area (Å²) in [6.07, 6.45) is 5.47. The molecule has 0 radical (unpaired) electrons. The van der Waals surface area contributed by atoms with E-state index in [0.717, 1.165) is 19.0 Å². The van der Waals surface area contributed by atoms with Crippen LogP contribution in [0.3, 0.4) is 0 Å². The molecule has 0 atom stereocenters. The van der Waals surface area contributed by atoms with E-state index in [1.807, 2.05) is 0 Å². The van der Waals surface area contributed by atoms with Crippen molar-refractivity contribution in [3.63, 3.8) is 0 Å². The molecule has 1 aliphatic heterocycles. The summed E-state index contributed by atoms with van der Waals surface area (Å²) in [6, 6.07) is 8.92. The Morgan fingerprint density at radius 1 is 1.19 bits per heavy atom. The lowest BCUT2D eigenvalue weighted by Gasteiger charge is -2.35. The minimum absolute atomic E-state index is 0.710. The Hall–Kier alpha value is -1.02. The Bertz CT molecular complexity index is 406. The molecular weight excluding hydrogens is 256 g/mol. The molecule has 0 unspecified atom stereocenters. The minimum atomic E-state index is 0.710. The standard InChI is InChI=1S/C19H32N2/c1-4-7-17-10-12-21(13-11-17)19-9-6-5-8-18(19)15-20-14-16(2)3/h5-6,8-9,16-17,20H,4,7,10-15H2,1-3H3. The van der Waals surface area contributed by atoms with E-state index in [9.17, 15) is 0 Å². The van der Waals surface area contributed by atoms with Crippen molar-refractivity contribution in [2.45, 2.75) is 53.0 Å². The number of hydrogen-bond donors (Lipinski definition) is 1. The van der Waals surface area contributed by atoms with Gasteiger partial charge < -0.3 is 10.2 Å². The summed E-state index contributed by atoms with van der Waals surface area (Å²) in [5.74, 6) is 1.67. The summed E-state index contributed by atoms with van der Waals surface area (Å²) in [5, 5.41) is 3.58. The van der Waals surface area contributed by atoms with E-state index in [-0.39, 0.29) is 0 Å². The highest BCUT2D eigenvalue weighted by molar-refractivity contribution is 5.53. The van der Waals surface area contributed by atoms with Gasteiger partial charge in [0.05, 0.1) is 0 Å². The molecule has 1 N–H and O–H groups in total. The fourth-order valence-electron chi connectivity index (χ4n) is 3.34. The van der Waals surface area contributed by atoms with E-state index in [0.29, 0.717) is 5.92 Å². The van der Waals surface area contributed by atoms with Gasteiger partial charge in [-0.25, -0.2) is 0 Å². The minimum Gasteiger partial charge on any atom is -0.371 e. The number of hydrogen-bond acceptors (Lipinski definition) is 2. The highest BCUT2D eigenvalue weighted by atomic mass is 15.1. The lowest BCUT2D eigenvalue weighted by molar-refractivity contribution is 0.378. The van der Waals surface area contributed by atoms with E-state index >= 15 is 0 Å². The molecule has 118 valence electrons. The largest absolute Gasteiger partial charge is 0.371 e. The molecule has 2 nitrogen and oxygen atoms in total. The number of nitrogens with one attached hydrogen (secondary N) is 1. The van der Waals surface area contributed by atoms with Gasteiger partial charge in [0.2, 0.25) is 0 Å². The first-order chi connectivity index (χ1) is 10.2. The number of benzene rings is 1. The number of nitrogens with zero attached hydrogens (tertiary/aromatic N) is 1. The first-order valence-electron chi connectivity index (χ1n) is 8.74. The Labute approximate surface area is 130 Å². The van der Waals surface area contributed by atoms with Crippen LogP contribution in [0.15, 0.2) is 24.3 Å². The second-order valence-electron chi connectivity index (χ2n) is 6.87. The fourth-order valence-corrected chi connectivity index (χ4v) is 3.34. The Kier molecular flexibility index (Phi) is 6.56. The van der Waals surface area contributed by atoms with Crippen molar-refractivity contribution in [3.05, 3.63) is 29.8 Å². The monoisotopic (exact) mass is 288 g/mol. The number of piperidine rings is 1. The van der Waals surface area contributed by atoms with Gasteiger partial charge in [-0.1, -0.05) is 51.8 Å². The van der Waals surface area contributed by atoms with Crippen LogP contribution < -0.4 is 10.2 Å². The third-order valence-electron chi connectivity index (χ3n) is 4.51. The maximum atomic E-state index is 3.58. The van der Waals surface area contributed by atoms with E-state index in [4.69, 9.17) is 0 Å². The normalized spacial score (nSPS) is 16.7. The van der Waals surface area contributed by atoms with Crippen LogP contribution in [0.4, 0.5) is 5.69 Å². The molecule has 0 amide bonds. The molecule has 1 saturated heterocycles. The van der Waals surface area contributed by atoms with Crippen molar-refractivity contribution >= 4 is 5.69 Å².